The molecular formula is C35H70N10. The summed E-state index contributed by atoms with van der Waals surface area (Å²) in [6.45, 7) is 28.6. The van der Waals surface area contributed by atoms with Gasteiger partial charge in [-0.2, -0.15) is 15.0 Å². The zero-order valence-electron chi connectivity index (χ0n) is 31.2. The number of nitrogens with one attached hydrogen (secondary N) is 4. The Morgan fingerprint density at radius 3 is 1.22 bits per heavy atom. The number of piperidine rings is 2. The van der Waals surface area contributed by atoms with Gasteiger partial charge in [-0.1, -0.05) is 26.7 Å². The van der Waals surface area contributed by atoms with Crippen molar-refractivity contribution in [2.24, 2.45) is 0 Å². The molecule has 0 amide bonds. The van der Waals surface area contributed by atoms with E-state index in [0.29, 0.717) is 12.1 Å². The SMILES string of the molecule is CCCCN(c1nc(N(CCNC)CCNC)nc(N(CCCC)C2CC(C)(C)NC(C)(C)C2)n1)C1CC(C)(C)NC(C)(C)C1. The van der Waals surface area contributed by atoms with Gasteiger partial charge in [-0.05, 0) is 108 Å². The van der Waals surface area contributed by atoms with Crippen LogP contribution in [0.15, 0.2) is 0 Å². The Morgan fingerprint density at radius 1 is 0.578 bits per heavy atom. The summed E-state index contributed by atoms with van der Waals surface area (Å²) >= 11 is 0. The summed E-state index contributed by atoms with van der Waals surface area (Å²) in [5, 5.41) is 14.5. The third kappa shape index (κ3) is 11.2. The van der Waals surface area contributed by atoms with Gasteiger partial charge in [-0.15, -0.1) is 0 Å². The van der Waals surface area contributed by atoms with Gasteiger partial charge in [0.05, 0.1) is 0 Å². The topological polar surface area (TPSA) is 96.5 Å². The number of rotatable bonds is 17. The molecule has 260 valence electrons. The van der Waals surface area contributed by atoms with Crippen LogP contribution >= 0.6 is 0 Å². The van der Waals surface area contributed by atoms with E-state index in [2.05, 4.69) is 105 Å². The van der Waals surface area contributed by atoms with Gasteiger partial charge in [0, 0.05) is 73.5 Å². The van der Waals surface area contributed by atoms with E-state index in [1.807, 2.05) is 14.1 Å². The number of unbranched alkanes of at least 4 members (excludes halogenated alkanes) is 2. The van der Waals surface area contributed by atoms with Gasteiger partial charge in [0.15, 0.2) is 0 Å². The second-order valence-corrected chi connectivity index (χ2v) is 16.4. The molecule has 1 aromatic heterocycles. The largest absolute Gasteiger partial charge is 0.338 e. The third-order valence-corrected chi connectivity index (χ3v) is 9.38. The molecule has 0 aromatic carbocycles. The fourth-order valence-electron chi connectivity index (χ4n) is 8.07. The van der Waals surface area contributed by atoms with Crippen molar-refractivity contribution in [3.63, 3.8) is 0 Å². The van der Waals surface area contributed by atoms with Gasteiger partial charge < -0.3 is 36.0 Å². The quantitative estimate of drug-likeness (QED) is 0.189. The molecule has 0 radical (unpaired) electrons. The minimum Gasteiger partial charge on any atom is -0.338 e. The van der Waals surface area contributed by atoms with E-state index in [4.69, 9.17) is 15.0 Å². The number of likely N-dealkylation sites (N-methyl/N-ethyl adjacent to an activating group) is 2. The van der Waals surface area contributed by atoms with E-state index in [0.717, 1.165) is 108 Å². The lowest BCUT2D eigenvalue weighted by Gasteiger charge is -2.50. The summed E-state index contributed by atoms with van der Waals surface area (Å²) < 4.78 is 0. The van der Waals surface area contributed by atoms with Gasteiger partial charge in [0.1, 0.15) is 0 Å². The first-order valence-corrected chi connectivity index (χ1v) is 18.0. The van der Waals surface area contributed by atoms with E-state index in [9.17, 15) is 0 Å². The van der Waals surface area contributed by atoms with Crippen molar-refractivity contribution in [3.8, 4) is 0 Å². The number of anilines is 3. The molecule has 2 aliphatic heterocycles. The van der Waals surface area contributed by atoms with Gasteiger partial charge in [-0.25, -0.2) is 0 Å². The fraction of sp³-hybridized carbons (Fsp3) is 0.914. The van der Waals surface area contributed by atoms with Crippen LogP contribution in [0.25, 0.3) is 0 Å². The predicted octanol–water partition coefficient (Wildman–Crippen LogP) is 4.95. The molecule has 0 aliphatic carbocycles. The van der Waals surface area contributed by atoms with Crippen molar-refractivity contribution in [1.29, 1.82) is 0 Å². The van der Waals surface area contributed by atoms with Crippen LogP contribution in [0.4, 0.5) is 17.8 Å². The van der Waals surface area contributed by atoms with Crippen molar-refractivity contribution >= 4 is 17.8 Å². The summed E-state index contributed by atoms with van der Waals surface area (Å²) in [7, 11) is 4.03. The van der Waals surface area contributed by atoms with Crippen LogP contribution in [-0.2, 0) is 0 Å². The number of nitrogens with zero attached hydrogens (tertiary/aromatic N) is 6. The zero-order chi connectivity index (χ0) is 33.5. The Kier molecular flexibility index (Phi) is 13.3. The van der Waals surface area contributed by atoms with Crippen molar-refractivity contribution < 1.29 is 0 Å². The summed E-state index contributed by atoms with van der Waals surface area (Å²) in [6, 6.07) is 0.685. The Labute approximate surface area is 276 Å². The van der Waals surface area contributed by atoms with Gasteiger partial charge in [-0.3, -0.25) is 0 Å². The first-order chi connectivity index (χ1) is 21.0. The fourth-order valence-corrected chi connectivity index (χ4v) is 8.07. The minimum atomic E-state index is 0.0284. The normalized spacial score (nSPS) is 21.1. The molecule has 0 unspecified atom stereocenters. The summed E-state index contributed by atoms with van der Waals surface area (Å²) in [5.41, 5.74) is 0.114. The smallest absolute Gasteiger partial charge is 0.232 e. The highest BCUT2D eigenvalue weighted by Crippen LogP contribution is 2.36. The number of hydrogen-bond donors (Lipinski definition) is 4. The molecule has 0 spiro atoms. The molecule has 10 nitrogen and oxygen atoms in total. The molecule has 2 aliphatic rings. The molecule has 2 saturated heterocycles. The molecule has 1 aromatic rings. The van der Waals surface area contributed by atoms with Crippen LogP contribution in [-0.4, -0.2) is 103 Å². The summed E-state index contributed by atoms with van der Waals surface area (Å²) in [4.78, 5) is 23.6. The maximum atomic E-state index is 5.46. The molecule has 45 heavy (non-hydrogen) atoms. The van der Waals surface area contributed by atoms with E-state index < -0.39 is 0 Å². The van der Waals surface area contributed by atoms with Crippen LogP contribution in [0, 0.1) is 0 Å². The highest BCUT2D eigenvalue weighted by Gasteiger charge is 2.43. The highest BCUT2D eigenvalue weighted by atomic mass is 15.4. The predicted molar refractivity (Wildman–Crippen MR) is 193 cm³/mol. The second kappa shape index (κ2) is 15.9. The average Bonchev–Trinajstić information content (AvgIpc) is 2.90. The maximum absolute atomic E-state index is 5.46. The number of hydrogen-bond acceptors (Lipinski definition) is 10. The molecule has 10 heteroatoms. The first kappa shape index (κ1) is 37.7. The monoisotopic (exact) mass is 631 g/mol. The van der Waals surface area contributed by atoms with Crippen molar-refractivity contribution in [2.75, 3.05) is 68.1 Å². The van der Waals surface area contributed by atoms with Gasteiger partial charge >= 0.3 is 0 Å². The Hall–Kier alpha value is -1.75. The second-order valence-electron chi connectivity index (χ2n) is 16.4. The Morgan fingerprint density at radius 2 is 0.911 bits per heavy atom. The first-order valence-electron chi connectivity index (χ1n) is 18.0. The lowest BCUT2D eigenvalue weighted by Crippen LogP contribution is -2.63. The van der Waals surface area contributed by atoms with Crippen LogP contribution in [0.2, 0.25) is 0 Å². The van der Waals surface area contributed by atoms with Gasteiger partial charge in [0.25, 0.3) is 0 Å². The molecule has 3 rings (SSSR count). The van der Waals surface area contributed by atoms with Crippen LogP contribution < -0.4 is 36.0 Å². The van der Waals surface area contributed by atoms with E-state index in [1.54, 1.807) is 0 Å². The van der Waals surface area contributed by atoms with E-state index in [1.165, 1.54) is 0 Å². The lowest BCUT2D eigenvalue weighted by atomic mass is 9.79. The molecule has 3 heterocycles. The van der Waals surface area contributed by atoms with Crippen molar-refractivity contribution in [1.82, 2.24) is 36.2 Å². The zero-order valence-corrected chi connectivity index (χ0v) is 31.2. The van der Waals surface area contributed by atoms with Crippen molar-refractivity contribution in [3.05, 3.63) is 0 Å². The molecule has 4 N–H and O–H groups in total. The van der Waals surface area contributed by atoms with Crippen LogP contribution in [0.3, 0.4) is 0 Å². The average molecular weight is 631 g/mol. The van der Waals surface area contributed by atoms with E-state index in [-0.39, 0.29) is 22.2 Å². The third-order valence-electron chi connectivity index (χ3n) is 9.38. The standard InChI is InChI=1S/C35H70N10/c1-13-15-19-44(27-23-32(3,4)41-33(5,6)24-27)30-38-29(43(21-17-36-11)22-18-37-12)39-31(40-30)45(20-16-14-2)28-25-34(7,8)42-35(9,10)26-28/h27-28,36-37,41-42H,13-26H2,1-12H3. The Balaban J connectivity index is 2.20. The maximum Gasteiger partial charge on any atom is 0.232 e. The van der Waals surface area contributed by atoms with Crippen molar-refractivity contribution in [2.45, 2.75) is 155 Å². The van der Waals surface area contributed by atoms with E-state index >= 15 is 0 Å². The molecule has 0 atom stereocenters. The summed E-state index contributed by atoms with van der Waals surface area (Å²) in [6.07, 6.45) is 8.70. The Bertz CT molecular complexity index is 931. The molecular weight excluding hydrogens is 560 g/mol. The molecule has 0 bridgehead atoms. The summed E-state index contributed by atoms with van der Waals surface area (Å²) in [5.74, 6) is 2.48. The number of aromatic nitrogens is 3. The van der Waals surface area contributed by atoms with Crippen LogP contribution in [0.5, 0.6) is 0 Å². The van der Waals surface area contributed by atoms with Gasteiger partial charge in [0.2, 0.25) is 17.8 Å². The highest BCUT2D eigenvalue weighted by molar-refractivity contribution is 5.48. The lowest BCUT2D eigenvalue weighted by molar-refractivity contribution is 0.157. The van der Waals surface area contributed by atoms with Crippen LogP contribution in [0.1, 0.15) is 121 Å². The minimum absolute atomic E-state index is 0.0284. The molecule has 2 fully saturated rings. The molecule has 0 saturated carbocycles.